The highest BCUT2D eigenvalue weighted by molar-refractivity contribution is 7.93. The summed E-state index contributed by atoms with van der Waals surface area (Å²) >= 11 is 0. The summed E-state index contributed by atoms with van der Waals surface area (Å²) in [5.41, 5.74) is 0.788. The molecule has 1 atom stereocenters. The van der Waals surface area contributed by atoms with Crippen LogP contribution in [0.1, 0.15) is 12.8 Å². The minimum Gasteiger partial charge on any atom is -0.497 e. The van der Waals surface area contributed by atoms with Gasteiger partial charge in [0.05, 0.1) is 22.4 Å². The van der Waals surface area contributed by atoms with Crippen LogP contribution in [0.2, 0.25) is 0 Å². The molecule has 1 aliphatic rings. The lowest BCUT2D eigenvalue weighted by molar-refractivity contribution is 0.415. The highest BCUT2D eigenvalue weighted by Gasteiger charge is 2.33. The van der Waals surface area contributed by atoms with Gasteiger partial charge in [-0.15, -0.1) is 0 Å². The molecule has 0 aliphatic heterocycles. The van der Waals surface area contributed by atoms with E-state index in [4.69, 9.17) is 14.3 Å². The molecule has 0 unspecified atom stereocenters. The van der Waals surface area contributed by atoms with Crippen molar-refractivity contribution in [3.05, 3.63) is 54.7 Å². The molecular formula is C19H18N2O3S. The highest BCUT2D eigenvalue weighted by Crippen LogP contribution is 2.35. The molecule has 0 amide bonds. The van der Waals surface area contributed by atoms with E-state index in [1.165, 1.54) is 0 Å². The van der Waals surface area contributed by atoms with Gasteiger partial charge in [-0.3, -0.25) is 4.98 Å². The molecule has 6 heteroatoms. The summed E-state index contributed by atoms with van der Waals surface area (Å²) in [6.45, 7) is 0. The number of fused-ring (bicyclic) bond motifs is 1. The smallest absolute Gasteiger partial charge is 0.138 e. The standard InChI is InChI=1S/C19H18N2O3S/c1-23-14-4-9-17-18(12-14)21-11-10-19(17)24-13-2-5-15(6-3-13)25(20,22)16-7-8-16/h2-6,9-12,16,20H,7-8H2,1H3/t25-/m0/s1. The lowest BCUT2D eigenvalue weighted by Crippen LogP contribution is -2.04. The second-order valence-corrected chi connectivity index (χ2v) is 8.41. The van der Waals surface area contributed by atoms with Crippen LogP contribution in [0.15, 0.2) is 59.6 Å². The third-order valence-corrected chi connectivity index (χ3v) is 6.69. The second-order valence-electron chi connectivity index (χ2n) is 6.07. The third kappa shape index (κ3) is 3.05. The maximum Gasteiger partial charge on any atom is 0.138 e. The van der Waals surface area contributed by atoms with Crippen molar-refractivity contribution in [3.8, 4) is 17.2 Å². The molecule has 5 nitrogen and oxygen atoms in total. The molecule has 1 heterocycles. The number of methoxy groups -OCH3 is 1. The van der Waals surface area contributed by atoms with Crippen molar-refractivity contribution in [2.45, 2.75) is 23.0 Å². The summed E-state index contributed by atoms with van der Waals surface area (Å²) in [7, 11) is -1.06. The number of benzene rings is 2. The number of pyridine rings is 1. The molecule has 1 fully saturated rings. The van der Waals surface area contributed by atoms with Gasteiger partial charge in [0.2, 0.25) is 0 Å². The minimum absolute atomic E-state index is 0.0124. The number of rotatable bonds is 5. The van der Waals surface area contributed by atoms with Crippen molar-refractivity contribution in [1.82, 2.24) is 4.98 Å². The number of nitrogens with one attached hydrogen (secondary N) is 1. The van der Waals surface area contributed by atoms with Crippen LogP contribution in [0.25, 0.3) is 10.9 Å². The summed E-state index contributed by atoms with van der Waals surface area (Å²) in [4.78, 5) is 4.92. The van der Waals surface area contributed by atoms with Gasteiger partial charge in [-0.05, 0) is 55.3 Å². The largest absolute Gasteiger partial charge is 0.497 e. The maximum atomic E-state index is 12.5. The Hall–Kier alpha value is -2.60. The average molecular weight is 354 g/mol. The quantitative estimate of drug-likeness (QED) is 0.726. The second kappa shape index (κ2) is 6.04. The fourth-order valence-corrected chi connectivity index (χ4v) is 4.47. The van der Waals surface area contributed by atoms with E-state index in [2.05, 4.69) is 4.98 Å². The van der Waals surface area contributed by atoms with Crippen molar-refractivity contribution >= 4 is 20.6 Å². The average Bonchev–Trinajstić information content (AvgIpc) is 3.48. The first-order chi connectivity index (χ1) is 12.1. The van der Waals surface area contributed by atoms with E-state index in [1.54, 1.807) is 43.6 Å². The van der Waals surface area contributed by atoms with Crippen molar-refractivity contribution in [2.24, 2.45) is 0 Å². The number of ether oxygens (including phenoxy) is 2. The van der Waals surface area contributed by atoms with E-state index < -0.39 is 9.73 Å². The molecule has 1 saturated carbocycles. The molecule has 0 bridgehead atoms. The summed E-state index contributed by atoms with van der Waals surface area (Å²) in [5.74, 6) is 2.07. The van der Waals surface area contributed by atoms with E-state index in [1.807, 2.05) is 18.2 Å². The van der Waals surface area contributed by atoms with Crippen LogP contribution < -0.4 is 9.47 Å². The molecule has 4 rings (SSSR count). The maximum absolute atomic E-state index is 12.5. The number of nitrogens with zero attached hydrogens (tertiary/aromatic N) is 1. The van der Waals surface area contributed by atoms with Crippen LogP contribution >= 0.6 is 0 Å². The fourth-order valence-electron chi connectivity index (χ4n) is 2.75. The third-order valence-electron chi connectivity index (χ3n) is 4.31. The zero-order valence-electron chi connectivity index (χ0n) is 13.8. The molecular weight excluding hydrogens is 336 g/mol. The monoisotopic (exact) mass is 354 g/mol. The van der Waals surface area contributed by atoms with Crippen LogP contribution in [0.4, 0.5) is 0 Å². The number of hydrogen-bond acceptors (Lipinski definition) is 5. The van der Waals surface area contributed by atoms with Gasteiger partial charge in [-0.25, -0.2) is 8.99 Å². The van der Waals surface area contributed by atoms with Crippen LogP contribution in [-0.4, -0.2) is 21.6 Å². The van der Waals surface area contributed by atoms with Gasteiger partial charge in [0, 0.05) is 27.8 Å². The molecule has 128 valence electrons. The summed E-state index contributed by atoms with van der Waals surface area (Å²) in [5, 5.41) is 0.896. The molecule has 0 radical (unpaired) electrons. The van der Waals surface area contributed by atoms with Gasteiger partial charge in [0.1, 0.15) is 17.2 Å². The molecule has 1 aliphatic carbocycles. The van der Waals surface area contributed by atoms with Gasteiger partial charge < -0.3 is 9.47 Å². The summed E-state index contributed by atoms with van der Waals surface area (Å²) in [6, 6.07) is 14.4. The van der Waals surface area contributed by atoms with Gasteiger partial charge in [0.25, 0.3) is 0 Å². The normalized spacial score (nSPS) is 16.4. The Morgan fingerprint density at radius 3 is 2.48 bits per heavy atom. The van der Waals surface area contributed by atoms with Crippen molar-refractivity contribution in [3.63, 3.8) is 0 Å². The number of hydrogen-bond donors (Lipinski definition) is 1. The Morgan fingerprint density at radius 1 is 1.08 bits per heavy atom. The molecule has 0 spiro atoms. The van der Waals surface area contributed by atoms with Gasteiger partial charge >= 0.3 is 0 Å². The Kier molecular flexibility index (Phi) is 3.84. The van der Waals surface area contributed by atoms with E-state index >= 15 is 0 Å². The molecule has 3 aromatic rings. The van der Waals surface area contributed by atoms with Gasteiger partial charge in [0.15, 0.2) is 0 Å². The van der Waals surface area contributed by atoms with Crippen LogP contribution in [-0.2, 0) is 9.73 Å². The topological polar surface area (TPSA) is 72.3 Å². The SMILES string of the molecule is COc1ccc2c(Oc3ccc([S@](=N)(=O)C4CC4)cc3)ccnc2c1. The van der Waals surface area contributed by atoms with Crippen LogP contribution in [0.3, 0.4) is 0 Å². The molecule has 25 heavy (non-hydrogen) atoms. The first-order valence-corrected chi connectivity index (χ1v) is 9.68. The first-order valence-electron chi connectivity index (χ1n) is 8.06. The highest BCUT2D eigenvalue weighted by atomic mass is 32.2. The zero-order chi connectivity index (χ0) is 17.4. The first kappa shape index (κ1) is 15.9. The van der Waals surface area contributed by atoms with Gasteiger partial charge in [-0.1, -0.05) is 0 Å². The Labute approximate surface area is 146 Å². The minimum atomic E-state index is -2.68. The van der Waals surface area contributed by atoms with E-state index in [0.29, 0.717) is 16.4 Å². The Bertz CT molecular complexity index is 1030. The van der Waals surface area contributed by atoms with E-state index in [9.17, 15) is 4.21 Å². The van der Waals surface area contributed by atoms with Crippen molar-refractivity contribution < 1.29 is 13.7 Å². The Morgan fingerprint density at radius 2 is 1.80 bits per heavy atom. The molecule has 2 aromatic carbocycles. The fraction of sp³-hybridized carbons (Fsp3) is 0.211. The van der Waals surface area contributed by atoms with Crippen LogP contribution in [0.5, 0.6) is 17.2 Å². The van der Waals surface area contributed by atoms with Crippen LogP contribution in [0, 0.1) is 4.78 Å². The molecule has 1 N–H and O–H groups in total. The lowest BCUT2D eigenvalue weighted by atomic mass is 10.2. The van der Waals surface area contributed by atoms with Crippen molar-refractivity contribution in [2.75, 3.05) is 7.11 Å². The predicted molar refractivity (Wildman–Crippen MR) is 97.0 cm³/mol. The Balaban J connectivity index is 1.63. The predicted octanol–water partition coefficient (Wildman–Crippen LogP) is 4.60. The summed E-state index contributed by atoms with van der Waals surface area (Å²) < 4.78 is 31.7. The number of aromatic nitrogens is 1. The molecule has 0 saturated heterocycles. The summed E-state index contributed by atoms with van der Waals surface area (Å²) in [6.07, 6.45) is 3.45. The van der Waals surface area contributed by atoms with E-state index in [0.717, 1.165) is 29.5 Å². The lowest BCUT2D eigenvalue weighted by Gasteiger charge is -2.11. The van der Waals surface area contributed by atoms with Crippen molar-refractivity contribution in [1.29, 1.82) is 4.78 Å². The van der Waals surface area contributed by atoms with E-state index in [-0.39, 0.29) is 5.25 Å². The molecule has 1 aromatic heterocycles. The zero-order valence-corrected chi connectivity index (χ0v) is 14.6. The van der Waals surface area contributed by atoms with Gasteiger partial charge in [-0.2, -0.15) is 0 Å².